The first kappa shape index (κ1) is 23.1. The molecule has 0 spiro atoms. The summed E-state index contributed by atoms with van der Waals surface area (Å²) >= 11 is 0. The molecule has 0 aromatic heterocycles. The molecule has 0 amide bonds. The van der Waals surface area contributed by atoms with Gasteiger partial charge in [0.15, 0.2) is 7.28 Å². The van der Waals surface area contributed by atoms with Crippen molar-refractivity contribution >= 4 is 18.7 Å². The standard InChI is InChI=1S/C25H36BO4/c1-17(25(2,3)4)14-19-8-11-22(23(15-19)28-5)30-16-18-6-9-20(10-7-18)26-21-12-13-29-24(21)27/h6-7,9-10,14,19,21-23H,8,11-13,15-16H2,1-5H3/b17-14+/t19?,21?,22?,23-/m1/s1. The highest BCUT2D eigenvalue weighted by atomic mass is 16.5. The van der Waals surface area contributed by atoms with Crippen molar-refractivity contribution in [1.29, 1.82) is 0 Å². The molecule has 4 nitrogen and oxygen atoms in total. The minimum absolute atomic E-state index is 0.110. The van der Waals surface area contributed by atoms with Crippen LogP contribution < -0.4 is 5.46 Å². The van der Waals surface area contributed by atoms with Gasteiger partial charge in [-0.05, 0) is 49.5 Å². The van der Waals surface area contributed by atoms with Crippen molar-refractivity contribution in [2.45, 2.75) is 78.0 Å². The smallest absolute Gasteiger partial charge is 0.301 e. The third kappa shape index (κ3) is 6.21. The van der Waals surface area contributed by atoms with Crippen LogP contribution in [0.1, 0.15) is 58.9 Å². The van der Waals surface area contributed by atoms with Gasteiger partial charge in [0, 0.05) is 12.9 Å². The van der Waals surface area contributed by atoms with E-state index in [0.717, 1.165) is 36.7 Å². The molecule has 0 N–H and O–H groups in total. The normalized spacial score (nSPS) is 27.8. The van der Waals surface area contributed by atoms with Crippen LogP contribution in [0.25, 0.3) is 0 Å². The third-order valence-corrected chi connectivity index (χ3v) is 6.56. The van der Waals surface area contributed by atoms with Gasteiger partial charge < -0.3 is 14.2 Å². The Labute approximate surface area is 182 Å². The first-order valence-corrected chi connectivity index (χ1v) is 11.2. The lowest BCUT2D eigenvalue weighted by atomic mass is 9.58. The molecule has 1 radical (unpaired) electrons. The van der Waals surface area contributed by atoms with Gasteiger partial charge in [0.25, 0.3) is 0 Å². The molecular formula is C25H36BO4. The van der Waals surface area contributed by atoms with Crippen LogP contribution in [0.3, 0.4) is 0 Å². The molecule has 2 aliphatic rings. The molecule has 1 aromatic rings. The molecule has 2 fully saturated rings. The number of methoxy groups -OCH3 is 1. The van der Waals surface area contributed by atoms with E-state index >= 15 is 0 Å². The Morgan fingerprint density at radius 1 is 1.17 bits per heavy atom. The molecule has 1 aliphatic heterocycles. The van der Waals surface area contributed by atoms with Crippen molar-refractivity contribution in [2.24, 2.45) is 11.3 Å². The summed E-state index contributed by atoms with van der Waals surface area (Å²) in [4.78, 5) is 11.6. The summed E-state index contributed by atoms with van der Waals surface area (Å²) in [6.07, 6.45) is 6.66. The fourth-order valence-corrected chi connectivity index (χ4v) is 4.15. The summed E-state index contributed by atoms with van der Waals surface area (Å²) in [7, 11) is 3.79. The van der Waals surface area contributed by atoms with Crippen LogP contribution in [0.5, 0.6) is 0 Å². The highest BCUT2D eigenvalue weighted by Crippen LogP contribution is 2.33. The van der Waals surface area contributed by atoms with Crippen LogP contribution >= 0.6 is 0 Å². The van der Waals surface area contributed by atoms with Crippen LogP contribution in [-0.4, -0.2) is 39.2 Å². The summed E-state index contributed by atoms with van der Waals surface area (Å²) in [5, 5.41) is 0. The third-order valence-electron chi connectivity index (χ3n) is 6.56. The van der Waals surface area contributed by atoms with Crippen molar-refractivity contribution in [1.82, 2.24) is 0 Å². The van der Waals surface area contributed by atoms with Gasteiger partial charge in [-0.1, -0.05) is 62.1 Å². The Balaban J connectivity index is 1.50. The molecule has 30 heavy (non-hydrogen) atoms. The van der Waals surface area contributed by atoms with Gasteiger partial charge in [0.2, 0.25) is 0 Å². The van der Waals surface area contributed by atoms with Gasteiger partial charge >= 0.3 is 5.97 Å². The zero-order valence-corrected chi connectivity index (χ0v) is 19.1. The van der Waals surface area contributed by atoms with Gasteiger partial charge in [-0.3, -0.25) is 4.79 Å². The summed E-state index contributed by atoms with van der Waals surface area (Å²) in [5.41, 5.74) is 3.86. The van der Waals surface area contributed by atoms with E-state index in [1.54, 1.807) is 7.11 Å². The second-order valence-corrected chi connectivity index (χ2v) is 9.77. The zero-order chi connectivity index (χ0) is 21.7. The number of benzene rings is 1. The first-order chi connectivity index (χ1) is 14.3. The molecule has 1 aliphatic carbocycles. The van der Waals surface area contributed by atoms with Crippen LogP contribution in [0.2, 0.25) is 5.82 Å². The topological polar surface area (TPSA) is 44.8 Å². The van der Waals surface area contributed by atoms with Crippen molar-refractivity contribution in [3.8, 4) is 0 Å². The zero-order valence-electron chi connectivity index (χ0n) is 19.1. The number of cyclic esters (lactones) is 1. The second kappa shape index (κ2) is 10.1. The Hall–Kier alpha value is -1.59. The number of esters is 1. The number of hydrogen-bond acceptors (Lipinski definition) is 4. The van der Waals surface area contributed by atoms with E-state index in [-0.39, 0.29) is 29.4 Å². The van der Waals surface area contributed by atoms with Crippen molar-refractivity contribution < 1.29 is 19.0 Å². The van der Waals surface area contributed by atoms with Crippen LogP contribution in [0, 0.1) is 11.3 Å². The van der Waals surface area contributed by atoms with Crippen molar-refractivity contribution in [2.75, 3.05) is 13.7 Å². The van der Waals surface area contributed by atoms with E-state index in [1.165, 1.54) is 5.57 Å². The lowest BCUT2D eigenvalue weighted by molar-refractivity contribution is -0.137. The van der Waals surface area contributed by atoms with E-state index in [0.29, 0.717) is 19.1 Å². The molecule has 1 aromatic carbocycles. The Bertz CT molecular complexity index is 735. The molecule has 3 unspecified atom stereocenters. The molecule has 1 saturated heterocycles. The lowest BCUT2D eigenvalue weighted by Gasteiger charge is -2.35. The maximum Gasteiger partial charge on any atom is 0.301 e. The van der Waals surface area contributed by atoms with Gasteiger partial charge in [-0.2, -0.15) is 0 Å². The number of carbonyl (C=O) groups is 1. The first-order valence-electron chi connectivity index (χ1n) is 11.2. The Kier molecular flexibility index (Phi) is 7.81. The van der Waals surface area contributed by atoms with Crippen molar-refractivity contribution in [3.05, 3.63) is 41.5 Å². The number of carbonyl (C=O) groups excluding carboxylic acids is 1. The largest absolute Gasteiger partial charge is 0.466 e. The van der Waals surface area contributed by atoms with E-state index in [2.05, 4.69) is 58.0 Å². The van der Waals surface area contributed by atoms with Gasteiger partial charge in [0.1, 0.15) is 0 Å². The number of hydrogen-bond donors (Lipinski definition) is 0. The van der Waals surface area contributed by atoms with E-state index in [9.17, 15) is 4.79 Å². The number of rotatable bonds is 7. The number of allylic oxidation sites excluding steroid dienone is 2. The molecule has 1 saturated carbocycles. The molecule has 3 rings (SSSR count). The van der Waals surface area contributed by atoms with Crippen LogP contribution in [0.15, 0.2) is 35.9 Å². The predicted octanol–water partition coefficient (Wildman–Crippen LogP) is 4.44. The summed E-state index contributed by atoms with van der Waals surface area (Å²) in [5.74, 6) is 0.336. The SMILES string of the molecule is CO[C@@H]1CC(/C=C(\C)C(C)(C)C)CCC1OCc1ccc([B]C2CCOC2=O)cc1. The molecule has 4 atom stereocenters. The Morgan fingerprint density at radius 2 is 1.90 bits per heavy atom. The average molecular weight is 411 g/mol. The average Bonchev–Trinajstić information content (AvgIpc) is 3.11. The highest BCUT2D eigenvalue weighted by molar-refractivity contribution is 6.59. The van der Waals surface area contributed by atoms with E-state index < -0.39 is 0 Å². The van der Waals surface area contributed by atoms with Crippen LogP contribution in [0.4, 0.5) is 0 Å². The summed E-state index contributed by atoms with van der Waals surface area (Å²) in [6.45, 7) is 10.1. The molecule has 163 valence electrons. The fourth-order valence-electron chi connectivity index (χ4n) is 4.15. The summed E-state index contributed by atoms with van der Waals surface area (Å²) in [6, 6.07) is 8.26. The minimum atomic E-state index is -0.115. The van der Waals surface area contributed by atoms with Gasteiger partial charge in [-0.25, -0.2) is 0 Å². The molecule has 0 bridgehead atoms. The quantitative estimate of drug-likeness (QED) is 0.378. The van der Waals surface area contributed by atoms with E-state index in [4.69, 9.17) is 14.2 Å². The molecule has 1 heterocycles. The maximum absolute atomic E-state index is 11.6. The van der Waals surface area contributed by atoms with Gasteiger partial charge in [0.05, 0.1) is 25.4 Å². The maximum atomic E-state index is 11.6. The Morgan fingerprint density at radius 3 is 2.50 bits per heavy atom. The highest BCUT2D eigenvalue weighted by Gasteiger charge is 2.31. The molecular weight excluding hydrogens is 375 g/mol. The van der Waals surface area contributed by atoms with Crippen molar-refractivity contribution in [3.63, 3.8) is 0 Å². The monoisotopic (exact) mass is 411 g/mol. The predicted molar refractivity (Wildman–Crippen MR) is 121 cm³/mol. The summed E-state index contributed by atoms with van der Waals surface area (Å²) < 4.78 is 17.1. The molecule has 5 heteroatoms. The van der Waals surface area contributed by atoms with Crippen LogP contribution in [-0.2, 0) is 25.6 Å². The fraction of sp³-hybridized carbons (Fsp3) is 0.640. The number of ether oxygens (including phenoxy) is 3. The van der Waals surface area contributed by atoms with Gasteiger partial charge in [-0.15, -0.1) is 0 Å². The van der Waals surface area contributed by atoms with E-state index in [1.807, 2.05) is 7.28 Å². The second-order valence-electron chi connectivity index (χ2n) is 9.77. The minimum Gasteiger partial charge on any atom is -0.466 e. The lowest BCUT2D eigenvalue weighted by Crippen LogP contribution is -2.37.